The second kappa shape index (κ2) is 17.6. The van der Waals surface area contributed by atoms with Crippen LogP contribution in [0.5, 0.6) is 0 Å². The molecule has 0 saturated carbocycles. The van der Waals surface area contributed by atoms with Crippen molar-refractivity contribution in [1.82, 2.24) is 15.4 Å². The van der Waals surface area contributed by atoms with Crippen LogP contribution in [0.3, 0.4) is 0 Å². The van der Waals surface area contributed by atoms with Gasteiger partial charge in [-0.15, -0.1) is 0 Å². The Morgan fingerprint density at radius 1 is 0.880 bits per heavy atom. The second-order valence-corrected chi connectivity index (χ2v) is 13.3. The van der Waals surface area contributed by atoms with Crippen LogP contribution >= 0.6 is 11.9 Å². The lowest BCUT2D eigenvalue weighted by Gasteiger charge is -2.27. The Balaban J connectivity index is 1.87. The average molecular weight is 732 g/mol. The third kappa shape index (κ3) is 13.6. The average Bonchev–Trinajstić information content (AvgIpc) is 3.14. The van der Waals surface area contributed by atoms with Crippen molar-refractivity contribution >= 4 is 47.2 Å². The number of carbonyl (C=O) groups excluding carboxylic acids is 4. The number of ether oxygens (including phenoxy) is 1. The van der Waals surface area contributed by atoms with Crippen LogP contribution in [0, 0.1) is 11.8 Å². The zero-order chi connectivity index (χ0) is 37.1. The SMILES string of the molecule is CC(C)(C)OC(=O)NCCSNC(=O)[C@@H](CCC(F)(F)F)[C@@H](CCCC(F)(F)F)C(=O)N[C@H]1N=C(c2ccccc2)c2ccccc2NC1=O. The Morgan fingerprint density at radius 2 is 1.50 bits per heavy atom. The van der Waals surface area contributed by atoms with Gasteiger partial charge in [0.15, 0.2) is 0 Å². The van der Waals surface area contributed by atoms with E-state index in [-0.39, 0.29) is 12.3 Å². The van der Waals surface area contributed by atoms with Crippen LogP contribution in [0.25, 0.3) is 0 Å². The van der Waals surface area contributed by atoms with Gasteiger partial charge in [-0.25, -0.2) is 9.79 Å². The summed E-state index contributed by atoms with van der Waals surface area (Å²) in [7, 11) is 0. The Kier molecular flexibility index (Phi) is 14.1. The van der Waals surface area contributed by atoms with Gasteiger partial charge in [0.1, 0.15) is 5.60 Å². The van der Waals surface area contributed by atoms with Gasteiger partial charge < -0.3 is 20.7 Å². The van der Waals surface area contributed by atoms with Gasteiger partial charge in [-0.2, -0.15) is 26.3 Å². The number of anilines is 1. The van der Waals surface area contributed by atoms with E-state index in [1.807, 2.05) is 0 Å². The summed E-state index contributed by atoms with van der Waals surface area (Å²) in [5, 5.41) is 7.48. The lowest BCUT2D eigenvalue weighted by atomic mass is 9.83. The van der Waals surface area contributed by atoms with Gasteiger partial charge in [-0.3, -0.25) is 19.1 Å². The van der Waals surface area contributed by atoms with Crippen molar-refractivity contribution in [3.8, 4) is 0 Å². The van der Waals surface area contributed by atoms with Gasteiger partial charge in [-0.1, -0.05) is 48.5 Å². The van der Waals surface area contributed by atoms with Crippen molar-refractivity contribution in [1.29, 1.82) is 0 Å². The minimum absolute atomic E-state index is 0.0104. The van der Waals surface area contributed by atoms with E-state index in [2.05, 4.69) is 25.7 Å². The standard InChI is InChI=1S/C33H39F6N5O5S/c1-31(2,3)49-30(48)40-18-19-50-44-28(46)22(15-17-33(37,38)39)21(13-9-16-32(34,35)36)27(45)43-26-29(47)41-24-14-8-7-12-23(24)25(42-26)20-10-5-4-6-11-20/h4-8,10-12,14,21-22,26H,9,13,15-19H2,1-3H3,(H,40,48)(H,41,47)(H,43,45)(H,44,46)/t21-,22+,26-/m1/s1. The molecule has 0 radical (unpaired) electrons. The van der Waals surface area contributed by atoms with Gasteiger partial charge in [0.25, 0.3) is 5.91 Å². The molecule has 0 fully saturated rings. The summed E-state index contributed by atoms with van der Waals surface area (Å²) in [6, 6.07) is 15.3. The molecule has 0 unspecified atom stereocenters. The van der Waals surface area contributed by atoms with E-state index in [0.717, 1.165) is 11.9 Å². The number of nitrogens with one attached hydrogen (secondary N) is 4. The van der Waals surface area contributed by atoms with Crippen molar-refractivity contribution in [2.45, 2.75) is 77.0 Å². The normalized spacial score (nSPS) is 16.1. The van der Waals surface area contributed by atoms with Gasteiger partial charge in [0.05, 0.1) is 17.3 Å². The maximum absolute atomic E-state index is 13.8. The van der Waals surface area contributed by atoms with Gasteiger partial charge in [0.2, 0.25) is 18.0 Å². The highest BCUT2D eigenvalue weighted by Gasteiger charge is 2.40. The molecule has 0 spiro atoms. The van der Waals surface area contributed by atoms with E-state index in [1.54, 1.807) is 75.4 Å². The number of fused-ring (bicyclic) bond motifs is 1. The molecule has 1 aliphatic heterocycles. The first-order valence-corrected chi connectivity index (χ1v) is 16.7. The molecule has 274 valence electrons. The van der Waals surface area contributed by atoms with Crippen molar-refractivity contribution < 1.29 is 50.3 Å². The molecule has 0 saturated heterocycles. The summed E-state index contributed by atoms with van der Waals surface area (Å²) in [4.78, 5) is 56.7. The largest absolute Gasteiger partial charge is 0.444 e. The van der Waals surface area contributed by atoms with E-state index in [4.69, 9.17) is 4.74 Å². The third-order valence-corrected chi connectivity index (χ3v) is 7.95. The number of hydrogen-bond donors (Lipinski definition) is 4. The highest BCUT2D eigenvalue weighted by atomic mass is 32.2. The molecule has 2 aromatic carbocycles. The minimum Gasteiger partial charge on any atom is -0.444 e. The van der Waals surface area contributed by atoms with Crippen LogP contribution < -0.4 is 20.7 Å². The summed E-state index contributed by atoms with van der Waals surface area (Å²) in [5.41, 5.74) is 0.957. The number of alkyl halides is 6. The highest BCUT2D eigenvalue weighted by molar-refractivity contribution is 7.97. The Morgan fingerprint density at radius 3 is 2.14 bits per heavy atom. The first kappa shape index (κ1) is 40.2. The first-order chi connectivity index (χ1) is 23.3. The number of aliphatic imine (C=N–C) groups is 1. The van der Waals surface area contributed by atoms with Crippen molar-refractivity contribution in [3.63, 3.8) is 0 Å². The third-order valence-electron chi connectivity index (χ3n) is 7.19. The van der Waals surface area contributed by atoms with E-state index < -0.39 is 91.9 Å². The lowest BCUT2D eigenvalue weighted by molar-refractivity contribution is -0.147. The van der Waals surface area contributed by atoms with Crippen LogP contribution in [-0.4, -0.2) is 65.9 Å². The van der Waals surface area contributed by atoms with E-state index in [1.165, 1.54) is 0 Å². The molecule has 4 N–H and O–H groups in total. The summed E-state index contributed by atoms with van der Waals surface area (Å²) in [6.07, 6.45) is -16.8. The van der Waals surface area contributed by atoms with Crippen molar-refractivity contribution in [3.05, 3.63) is 65.7 Å². The number of benzene rings is 2. The summed E-state index contributed by atoms with van der Waals surface area (Å²) in [5.74, 6) is -6.35. The van der Waals surface area contributed by atoms with Crippen LogP contribution in [0.1, 0.15) is 64.0 Å². The number of benzodiazepines with no additional fused rings is 1. The maximum atomic E-state index is 13.8. The molecule has 0 bridgehead atoms. The van der Waals surface area contributed by atoms with E-state index in [0.29, 0.717) is 22.5 Å². The smallest absolute Gasteiger partial charge is 0.407 e. The van der Waals surface area contributed by atoms with Gasteiger partial charge in [0, 0.05) is 42.2 Å². The summed E-state index contributed by atoms with van der Waals surface area (Å²) < 4.78 is 87.0. The van der Waals surface area contributed by atoms with Crippen LogP contribution in [0.15, 0.2) is 59.6 Å². The fraction of sp³-hybridized carbons (Fsp3) is 0.485. The maximum Gasteiger partial charge on any atom is 0.407 e. The number of nitrogens with zero attached hydrogens (tertiary/aromatic N) is 1. The van der Waals surface area contributed by atoms with Crippen LogP contribution in [0.4, 0.5) is 36.8 Å². The van der Waals surface area contributed by atoms with Crippen molar-refractivity contribution in [2.24, 2.45) is 16.8 Å². The molecule has 4 amide bonds. The molecule has 17 heteroatoms. The first-order valence-electron chi connectivity index (χ1n) is 15.7. The fourth-order valence-corrected chi connectivity index (χ4v) is 5.61. The topological polar surface area (TPSA) is 138 Å². The monoisotopic (exact) mass is 731 g/mol. The van der Waals surface area contributed by atoms with Crippen molar-refractivity contribution in [2.75, 3.05) is 17.6 Å². The molecule has 1 heterocycles. The predicted octanol–water partition coefficient (Wildman–Crippen LogP) is 6.52. The number of amides is 4. The zero-order valence-electron chi connectivity index (χ0n) is 27.5. The molecular weight excluding hydrogens is 692 g/mol. The minimum atomic E-state index is -4.75. The summed E-state index contributed by atoms with van der Waals surface area (Å²) in [6.45, 7) is 4.95. The quantitative estimate of drug-likeness (QED) is 0.0993. The molecule has 10 nitrogen and oxygen atoms in total. The van der Waals surface area contributed by atoms with Gasteiger partial charge >= 0.3 is 18.4 Å². The molecule has 0 aliphatic carbocycles. The Labute approximate surface area is 289 Å². The number of rotatable bonds is 14. The van der Waals surface area contributed by atoms with E-state index >= 15 is 0 Å². The summed E-state index contributed by atoms with van der Waals surface area (Å²) >= 11 is 0.721. The Hall–Kier alpha value is -4.28. The number of hydrogen-bond acceptors (Lipinski definition) is 7. The number of para-hydroxylation sites is 1. The predicted molar refractivity (Wildman–Crippen MR) is 176 cm³/mol. The van der Waals surface area contributed by atoms with Crippen LogP contribution in [-0.2, 0) is 19.1 Å². The highest BCUT2D eigenvalue weighted by Crippen LogP contribution is 2.33. The molecule has 0 aromatic heterocycles. The van der Waals surface area contributed by atoms with Crippen LogP contribution in [0.2, 0.25) is 0 Å². The zero-order valence-corrected chi connectivity index (χ0v) is 28.4. The molecule has 3 rings (SSSR count). The molecule has 2 aromatic rings. The lowest BCUT2D eigenvalue weighted by Crippen LogP contribution is -2.48. The second-order valence-electron chi connectivity index (χ2n) is 12.4. The Bertz CT molecular complexity index is 1510. The number of alkyl carbamates (subject to hydrolysis) is 1. The number of carbonyl (C=O) groups is 4. The molecule has 1 aliphatic rings. The molecule has 50 heavy (non-hydrogen) atoms. The molecular formula is C33H39F6N5O5S. The number of halogens is 6. The fourth-order valence-electron chi connectivity index (χ4n) is 5.01. The molecule has 3 atom stereocenters. The van der Waals surface area contributed by atoms with Gasteiger partial charge in [-0.05, 0) is 58.0 Å². The van der Waals surface area contributed by atoms with E-state index in [9.17, 15) is 45.5 Å².